The number of aromatic amines is 1. The number of ether oxygens (including phenoxy) is 4. The number of halogens is 2. The number of rotatable bonds is 5. The van der Waals surface area contributed by atoms with Crippen LogP contribution >= 0.6 is 23.2 Å². The summed E-state index contributed by atoms with van der Waals surface area (Å²) in [4.78, 5) is 18.8. The molecule has 214 valence electrons. The number of carbonyl (C=O) groups excluding carboxylic acids is 1. The Hall–Kier alpha value is -3.23. The molecule has 2 aliphatic rings. The molecule has 0 spiro atoms. The van der Waals surface area contributed by atoms with Crippen LogP contribution in [0.25, 0.3) is 10.9 Å². The molecule has 1 N–H and O–H groups in total. The minimum absolute atomic E-state index is 0.250. The molecule has 1 atom stereocenters. The minimum atomic E-state index is -0.575. The molecular formula is C32H32Cl2N2O5. The van der Waals surface area contributed by atoms with Gasteiger partial charge < -0.3 is 23.9 Å². The molecule has 2 aliphatic heterocycles. The van der Waals surface area contributed by atoms with Gasteiger partial charge in [-0.05, 0) is 86.0 Å². The molecule has 41 heavy (non-hydrogen) atoms. The molecule has 3 heterocycles. The van der Waals surface area contributed by atoms with Gasteiger partial charge in [0.15, 0.2) is 5.79 Å². The third kappa shape index (κ3) is 5.90. The zero-order chi connectivity index (χ0) is 28.8. The summed E-state index contributed by atoms with van der Waals surface area (Å²) in [5.41, 5.74) is 3.76. The fraction of sp³-hybridized carbons (Fsp3) is 0.344. The summed E-state index contributed by atoms with van der Waals surface area (Å²) < 4.78 is 23.6. The van der Waals surface area contributed by atoms with Gasteiger partial charge in [0.1, 0.15) is 17.5 Å². The quantitative estimate of drug-likeness (QED) is 0.255. The van der Waals surface area contributed by atoms with Crippen LogP contribution in [0.4, 0.5) is 4.79 Å². The Morgan fingerprint density at radius 2 is 1.61 bits per heavy atom. The lowest BCUT2D eigenvalue weighted by Gasteiger charge is -2.41. The van der Waals surface area contributed by atoms with Crippen LogP contribution in [0.1, 0.15) is 43.6 Å². The van der Waals surface area contributed by atoms with Crippen LogP contribution in [-0.4, -0.2) is 48.1 Å². The maximum absolute atomic E-state index is 13.5. The third-order valence-corrected chi connectivity index (χ3v) is 8.15. The van der Waals surface area contributed by atoms with Crippen molar-refractivity contribution in [2.75, 3.05) is 26.4 Å². The Balaban J connectivity index is 1.27. The van der Waals surface area contributed by atoms with E-state index in [0.717, 1.165) is 33.5 Å². The maximum Gasteiger partial charge on any atom is 0.416 e. The molecule has 0 radical (unpaired) electrons. The van der Waals surface area contributed by atoms with E-state index in [1.165, 1.54) is 0 Å². The van der Waals surface area contributed by atoms with Gasteiger partial charge in [-0.1, -0.05) is 42.3 Å². The molecule has 0 aliphatic carbocycles. The van der Waals surface area contributed by atoms with Crippen molar-refractivity contribution in [1.29, 1.82) is 0 Å². The lowest BCUT2D eigenvalue weighted by Crippen LogP contribution is -2.47. The molecule has 0 bridgehead atoms. The third-order valence-electron chi connectivity index (χ3n) is 7.66. The first-order valence-electron chi connectivity index (χ1n) is 13.6. The Morgan fingerprint density at radius 3 is 2.32 bits per heavy atom. The number of hydrogen-bond acceptors (Lipinski definition) is 5. The molecule has 0 saturated carbocycles. The molecule has 1 saturated heterocycles. The average molecular weight is 596 g/mol. The van der Waals surface area contributed by atoms with E-state index in [1.807, 2.05) is 56.3 Å². The maximum atomic E-state index is 13.5. The Kier molecular flexibility index (Phi) is 7.41. The van der Waals surface area contributed by atoms with Gasteiger partial charge in [0.2, 0.25) is 0 Å². The van der Waals surface area contributed by atoms with E-state index in [4.69, 9.17) is 42.1 Å². The second kappa shape index (κ2) is 10.9. The van der Waals surface area contributed by atoms with Crippen molar-refractivity contribution in [3.05, 3.63) is 93.6 Å². The second-order valence-corrected chi connectivity index (χ2v) is 12.4. The van der Waals surface area contributed by atoms with Crippen molar-refractivity contribution in [3.8, 4) is 11.5 Å². The summed E-state index contributed by atoms with van der Waals surface area (Å²) in [6.07, 6.45) is 0.232. The second-order valence-electron chi connectivity index (χ2n) is 11.5. The van der Waals surface area contributed by atoms with E-state index in [2.05, 4.69) is 11.9 Å². The van der Waals surface area contributed by atoms with Crippen molar-refractivity contribution in [3.63, 3.8) is 0 Å². The van der Waals surface area contributed by atoms with Crippen molar-refractivity contribution < 1.29 is 23.7 Å². The highest BCUT2D eigenvalue weighted by Gasteiger charge is 2.38. The van der Waals surface area contributed by atoms with Crippen molar-refractivity contribution in [2.45, 2.75) is 39.0 Å². The van der Waals surface area contributed by atoms with Gasteiger partial charge in [-0.25, -0.2) is 4.79 Å². The predicted molar refractivity (Wildman–Crippen MR) is 159 cm³/mol. The molecule has 7 nitrogen and oxygen atoms in total. The number of benzene rings is 3. The van der Waals surface area contributed by atoms with Crippen molar-refractivity contribution >= 4 is 40.2 Å². The summed E-state index contributed by atoms with van der Waals surface area (Å²) in [5.74, 6) is 0.590. The van der Waals surface area contributed by atoms with Crippen LogP contribution in [0.3, 0.4) is 0 Å². The van der Waals surface area contributed by atoms with Gasteiger partial charge in [-0.2, -0.15) is 0 Å². The predicted octanol–water partition coefficient (Wildman–Crippen LogP) is 7.79. The highest BCUT2D eigenvalue weighted by Crippen LogP contribution is 2.40. The number of nitrogens with one attached hydrogen (secondary N) is 1. The molecule has 9 heteroatoms. The first-order chi connectivity index (χ1) is 19.6. The fourth-order valence-electron chi connectivity index (χ4n) is 5.33. The topological polar surface area (TPSA) is 73.0 Å². The van der Waals surface area contributed by atoms with Crippen LogP contribution in [0.15, 0.2) is 66.7 Å². The average Bonchev–Trinajstić information content (AvgIpc) is 3.33. The van der Waals surface area contributed by atoms with Gasteiger partial charge in [0.25, 0.3) is 0 Å². The van der Waals surface area contributed by atoms with Gasteiger partial charge >= 0.3 is 6.09 Å². The van der Waals surface area contributed by atoms with E-state index in [0.29, 0.717) is 48.6 Å². The van der Waals surface area contributed by atoms with E-state index in [-0.39, 0.29) is 5.41 Å². The Morgan fingerprint density at radius 1 is 0.951 bits per heavy atom. The highest BCUT2D eigenvalue weighted by molar-refractivity contribution is 6.31. The Bertz CT molecular complexity index is 1560. The number of aromatic nitrogens is 1. The van der Waals surface area contributed by atoms with Crippen LogP contribution in [0.5, 0.6) is 11.5 Å². The summed E-state index contributed by atoms with van der Waals surface area (Å²) in [5, 5.41) is 2.31. The molecule has 6 rings (SSSR count). The zero-order valence-corrected chi connectivity index (χ0v) is 24.7. The molecule has 1 amide bonds. The molecule has 1 unspecified atom stereocenters. The van der Waals surface area contributed by atoms with Crippen molar-refractivity contribution in [2.24, 2.45) is 5.41 Å². The van der Waals surface area contributed by atoms with Gasteiger partial charge in [0.05, 0.1) is 19.8 Å². The highest BCUT2D eigenvalue weighted by atomic mass is 35.5. The van der Waals surface area contributed by atoms with E-state index < -0.39 is 17.9 Å². The number of hydrogen-bond donors (Lipinski definition) is 1. The number of carbonyl (C=O) groups is 1. The van der Waals surface area contributed by atoms with Crippen LogP contribution in [-0.2, 0) is 15.9 Å². The molecule has 3 aromatic carbocycles. The van der Waals surface area contributed by atoms with Gasteiger partial charge in [-0.3, -0.25) is 4.90 Å². The van der Waals surface area contributed by atoms with Crippen LogP contribution in [0, 0.1) is 5.41 Å². The first kappa shape index (κ1) is 27.9. The summed E-state index contributed by atoms with van der Waals surface area (Å²) >= 11 is 12.4. The van der Waals surface area contributed by atoms with Crippen LogP contribution in [0.2, 0.25) is 10.0 Å². The molecule has 4 aromatic rings. The molecule has 1 fully saturated rings. The van der Waals surface area contributed by atoms with E-state index in [9.17, 15) is 4.79 Å². The lowest BCUT2D eigenvalue weighted by molar-refractivity contribution is -0.285. The van der Waals surface area contributed by atoms with Gasteiger partial charge in [-0.15, -0.1) is 0 Å². The van der Waals surface area contributed by atoms with Crippen LogP contribution < -0.4 is 9.47 Å². The molecular weight excluding hydrogens is 563 g/mol. The first-order valence-corrected chi connectivity index (χ1v) is 14.4. The summed E-state index contributed by atoms with van der Waals surface area (Å²) in [6.45, 7) is 7.97. The largest absolute Gasteiger partial charge is 0.493 e. The Labute approximate surface area is 249 Å². The molecule has 1 aromatic heterocycles. The van der Waals surface area contributed by atoms with E-state index >= 15 is 0 Å². The summed E-state index contributed by atoms with van der Waals surface area (Å²) in [7, 11) is 0. The summed E-state index contributed by atoms with van der Waals surface area (Å²) in [6, 6.07) is 20.0. The smallest absolute Gasteiger partial charge is 0.416 e. The minimum Gasteiger partial charge on any atom is -0.493 e. The SMILES string of the molecule is CC1(COc2ccc(C3c4[nH]c5ccc(Cl)cc5c4CCN3C(=O)Oc3ccc(Cl)cc3)cc2)COC(C)(C)OC1. The lowest BCUT2D eigenvalue weighted by atomic mass is 9.92. The fourth-order valence-corrected chi connectivity index (χ4v) is 5.63. The standard InChI is InChI=1S/C32H32Cl2N2O5/c1-31(2)39-18-32(3,19-40-31)17-38-23-9-4-20(5-10-23)29-28-25(26-16-22(34)8-13-27(26)35-28)14-15-36(29)30(37)41-24-11-6-21(33)7-12-24/h4-13,16,29,35H,14-15,17-19H2,1-3H3. The monoisotopic (exact) mass is 594 g/mol. The normalized spacial score (nSPS) is 19.5. The zero-order valence-electron chi connectivity index (χ0n) is 23.2. The van der Waals surface area contributed by atoms with Crippen molar-refractivity contribution in [1.82, 2.24) is 9.88 Å². The van der Waals surface area contributed by atoms with E-state index in [1.54, 1.807) is 29.2 Å². The van der Waals surface area contributed by atoms with Gasteiger partial charge in [0, 0.05) is 38.6 Å². The number of H-pyrrole nitrogens is 1. The number of amides is 1. The number of nitrogens with zero attached hydrogens (tertiary/aromatic N) is 1. The number of fused-ring (bicyclic) bond motifs is 3.